The van der Waals surface area contributed by atoms with Gasteiger partial charge in [-0.05, 0) is 33.1 Å². The van der Waals surface area contributed by atoms with Crippen molar-refractivity contribution in [3.63, 3.8) is 0 Å². The van der Waals surface area contributed by atoms with E-state index in [1.54, 1.807) is 0 Å². The van der Waals surface area contributed by atoms with E-state index in [1.807, 2.05) is 0 Å². The molecule has 2 rings (SSSR count). The maximum Gasteiger partial charge on any atom is 0.249 e. The molecule has 26 nitrogen and oxygen atoms in total. The number of rotatable bonds is 23. The van der Waals surface area contributed by atoms with Gasteiger partial charge in [0.2, 0.25) is 29.5 Å². The van der Waals surface area contributed by atoms with Gasteiger partial charge in [-0.3, -0.25) is 24.0 Å². The molecule has 0 bridgehead atoms. The van der Waals surface area contributed by atoms with Crippen LogP contribution in [0.4, 0.5) is 0 Å². The van der Waals surface area contributed by atoms with Crippen LogP contribution < -0.4 is 47.6 Å². The third-order valence-electron chi connectivity index (χ3n) is 9.50. The number of amides is 5. The van der Waals surface area contributed by atoms with Gasteiger partial charge in [-0.25, -0.2) is 0 Å². The Labute approximate surface area is 342 Å². The molecule has 342 valence electrons. The van der Waals surface area contributed by atoms with Crippen molar-refractivity contribution in [1.29, 1.82) is 0 Å². The molecular weight excluding hydrogens is 812 g/mol. The highest BCUT2D eigenvalue weighted by Gasteiger charge is 2.53. The molecule has 60 heavy (non-hydrogen) atoms. The van der Waals surface area contributed by atoms with E-state index in [2.05, 4.69) is 32.3 Å². The van der Waals surface area contributed by atoms with Crippen LogP contribution in [0.2, 0.25) is 0 Å². The first-order valence-corrected chi connectivity index (χ1v) is 18.8. The monoisotopic (exact) mass is 866 g/mol. The Balaban J connectivity index is 2.18. The fourth-order valence-electron chi connectivity index (χ4n) is 6.24. The van der Waals surface area contributed by atoms with E-state index in [0.717, 1.165) is 20.8 Å². The zero-order chi connectivity index (χ0) is 45.6. The zero-order valence-electron chi connectivity index (χ0n) is 33.2. The number of ether oxygens (including phenoxy) is 4. The van der Waals surface area contributed by atoms with Crippen molar-refractivity contribution in [3.8, 4) is 0 Å². The molecule has 15 atom stereocenters. The topological polar surface area (TPSA) is 432 Å². The lowest BCUT2D eigenvalue weighted by Crippen LogP contribution is -2.70. The number of carbonyl (C=O) groups excluding carboxylic acids is 8. The number of carboxylic acid groups (broad SMARTS) is 3. The predicted octanol–water partition coefficient (Wildman–Crippen LogP) is -11.4. The summed E-state index contributed by atoms with van der Waals surface area (Å²) in [7, 11) is 0. The number of quaternary nitrogens is 1. The van der Waals surface area contributed by atoms with Crippen molar-refractivity contribution in [2.45, 2.75) is 151 Å². The van der Waals surface area contributed by atoms with Crippen LogP contribution in [-0.2, 0) is 57.3 Å². The fraction of sp³-hybridized carbons (Fsp3) is 0.765. The molecular formula is C34H54N6O20-2. The first-order chi connectivity index (χ1) is 28.0. The molecule has 26 heteroatoms. The molecule has 0 spiro atoms. The fourth-order valence-corrected chi connectivity index (χ4v) is 6.24. The predicted molar refractivity (Wildman–Crippen MR) is 186 cm³/mol. The Kier molecular flexibility index (Phi) is 20.6. The molecule has 0 aromatic rings. The molecule has 2 aliphatic rings. The molecule has 2 fully saturated rings. The molecule has 2 heterocycles. The second kappa shape index (κ2) is 24.0. The van der Waals surface area contributed by atoms with Crippen molar-refractivity contribution in [2.24, 2.45) is 0 Å². The Bertz CT molecular complexity index is 1520. The van der Waals surface area contributed by atoms with Gasteiger partial charge >= 0.3 is 0 Å². The number of nitrogens with one attached hydrogen (secondary N) is 5. The van der Waals surface area contributed by atoms with Crippen molar-refractivity contribution in [1.82, 2.24) is 26.6 Å². The van der Waals surface area contributed by atoms with Crippen molar-refractivity contribution in [2.75, 3.05) is 13.2 Å². The first-order valence-electron chi connectivity index (χ1n) is 18.8. The first kappa shape index (κ1) is 51.5. The molecule has 5 amide bonds. The number of hydrogen-bond acceptors (Lipinski definition) is 20. The minimum atomic E-state index is -1.90. The quantitative estimate of drug-likeness (QED) is 0.0454. The van der Waals surface area contributed by atoms with Gasteiger partial charge in [-0.1, -0.05) is 0 Å². The largest absolute Gasteiger partial charge is 0.548 e. The highest BCUT2D eigenvalue weighted by molar-refractivity contribution is 5.91. The summed E-state index contributed by atoms with van der Waals surface area (Å²) in [5.74, 6) is -9.50. The van der Waals surface area contributed by atoms with E-state index in [9.17, 15) is 79.2 Å². The van der Waals surface area contributed by atoms with E-state index in [-0.39, 0.29) is 19.3 Å². The number of carbonyl (C=O) groups is 8. The van der Waals surface area contributed by atoms with Gasteiger partial charge < -0.3 is 107 Å². The number of aliphatic hydroxyl groups is 5. The molecule has 0 radical (unpaired) electrons. The van der Waals surface area contributed by atoms with Gasteiger partial charge in [0.25, 0.3) is 0 Å². The normalized spacial score (nSPS) is 29.0. The Morgan fingerprint density at radius 1 is 0.700 bits per heavy atom. The lowest BCUT2D eigenvalue weighted by Gasteiger charge is -2.48. The second-order valence-corrected chi connectivity index (χ2v) is 14.3. The van der Waals surface area contributed by atoms with Gasteiger partial charge in [0.05, 0.1) is 43.2 Å². The molecule has 1 unspecified atom stereocenters. The van der Waals surface area contributed by atoms with Gasteiger partial charge in [-0.15, -0.1) is 0 Å². The average molecular weight is 867 g/mol. The van der Waals surface area contributed by atoms with E-state index < -0.39 is 165 Å². The highest BCUT2D eigenvalue weighted by atomic mass is 16.7. The third-order valence-corrected chi connectivity index (χ3v) is 9.50. The lowest BCUT2D eigenvalue weighted by atomic mass is 9.94. The van der Waals surface area contributed by atoms with E-state index >= 15 is 0 Å². The standard InChI is InChI=1S/C34H56N6O20/c1-12(28(48)40-18(32(54)55)8-9-21(45)39-17(31(52)53)7-5-6-16(35)30(50)51)36-29(49)13(2)57-27-23(38-15(4)44)33(56)58-20(11-42)26(27)60-34-22(37-14(3)43)25(47)24(46)19(10-41)59-34/h12-13,16-20,22-27,33-34,41-42,46-47,56H,5-11,35H2,1-4H3,(H,36,49)(H,37,43)(H,38,44)(H,39,45)(H,40,48)(H,50,51)(H,52,53)(H,54,55)/p-2/t12-,13+,16+,17-,18+,19+,20+,22+,23+,24+,25+,26+,27+,33?,34-/m0/s1. The summed E-state index contributed by atoms with van der Waals surface area (Å²) >= 11 is 0. The van der Waals surface area contributed by atoms with Gasteiger partial charge in [0.1, 0.15) is 66.9 Å². The summed E-state index contributed by atoms with van der Waals surface area (Å²) in [6, 6.07) is -9.06. The maximum atomic E-state index is 13.3. The molecule has 2 saturated heterocycles. The minimum absolute atomic E-state index is 0.00881. The summed E-state index contributed by atoms with van der Waals surface area (Å²) in [6.45, 7) is 2.74. The van der Waals surface area contributed by atoms with Gasteiger partial charge in [-0.2, -0.15) is 0 Å². The highest BCUT2D eigenvalue weighted by Crippen LogP contribution is 2.31. The Morgan fingerprint density at radius 2 is 1.27 bits per heavy atom. The van der Waals surface area contributed by atoms with Crippen LogP contribution >= 0.6 is 0 Å². The summed E-state index contributed by atoms with van der Waals surface area (Å²) in [4.78, 5) is 97.0. The van der Waals surface area contributed by atoms with Gasteiger partial charge in [0, 0.05) is 26.7 Å². The molecule has 0 aromatic heterocycles. The Morgan fingerprint density at radius 3 is 1.80 bits per heavy atom. The van der Waals surface area contributed by atoms with E-state index in [4.69, 9.17) is 18.9 Å². The number of aliphatic carboxylic acids is 3. The third kappa shape index (κ3) is 15.1. The van der Waals surface area contributed by atoms with Crippen molar-refractivity contribution >= 4 is 47.4 Å². The smallest absolute Gasteiger partial charge is 0.249 e. The van der Waals surface area contributed by atoms with Crippen molar-refractivity contribution in [3.05, 3.63) is 0 Å². The molecule has 0 saturated carbocycles. The van der Waals surface area contributed by atoms with Crippen LogP contribution in [0.1, 0.15) is 59.8 Å². The van der Waals surface area contributed by atoms with E-state index in [0.29, 0.717) is 0 Å². The van der Waals surface area contributed by atoms with E-state index in [1.165, 1.54) is 6.92 Å². The average Bonchev–Trinajstić information content (AvgIpc) is 3.16. The van der Waals surface area contributed by atoms with Crippen LogP contribution in [-0.4, -0.2) is 178 Å². The van der Waals surface area contributed by atoms with Gasteiger partial charge in [0.15, 0.2) is 12.6 Å². The van der Waals surface area contributed by atoms with Crippen molar-refractivity contribution < 1.29 is 104 Å². The van der Waals surface area contributed by atoms with Crippen LogP contribution in [0, 0.1) is 0 Å². The second-order valence-electron chi connectivity index (χ2n) is 14.3. The molecule has 0 aliphatic carbocycles. The lowest BCUT2D eigenvalue weighted by molar-refractivity contribution is -0.438. The van der Waals surface area contributed by atoms with Crippen LogP contribution in [0.3, 0.4) is 0 Å². The maximum absolute atomic E-state index is 13.3. The van der Waals surface area contributed by atoms with Crippen LogP contribution in [0.25, 0.3) is 0 Å². The summed E-state index contributed by atoms with van der Waals surface area (Å²) < 4.78 is 23.0. The molecule has 2 aliphatic heterocycles. The molecule has 13 N–H and O–H groups in total. The van der Waals surface area contributed by atoms with Crippen LogP contribution in [0.15, 0.2) is 0 Å². The summed E-state index contributed by atoms with van der Waals surface area (Å²) in [5.41, 5.74) is 3.34. The molecule has 0 aromatic carbocycles. The Hall–Kier alpha value is -4.64. The van der Waals surface area contributed by atoms with Crippen LogP contribution in [0.5, 0.6) is 0 Å². The number of aliphatic hydroxyl groups excluding tert-OH is 5. The summed E-state index contributed by atoms with van der Waals surface area (Å²) in [6.07, 6.45) is -16.4. The zero-order valence-corrected chi connectivity index (χ0v) is 33.2. The SMILES string of the molecule is CC(=O)N[C@H]1[C@H](O[C@H]2[C@H](O[C@H](C)C(=O)N[C@@H](C)C(=O)N[C@H](CCC(=O)N[C@@H](CCC[C@@H]([NH3+])C(=O)[O-])C(=O)[O-])C(=O)[O-])[C@@H](NC(C)=O)C(O)O[C@@H]2CO)O[C@H](CO)[C@@H](O)[C@@H]1O. The summed E-state index contributed by atoms with van der Waals surface area (Å²) in [5, 5.41) is 97.2. The number of carboxylic acids is 3. The number of hydrogen-bond donors (Lipinski definition) is 11. The minimum Gasteiger partial charge on any atom is -0.548 e.